The molecule has 3 N–H and O–H groups in total. The Bertz CT molecular complexity index is 495. The van der Waals surface area contributed by atoms with Gasteiger partial charge in [0.05, 0.1) is 12.0 Å². The molecule has 0 radical (unpaired) electrons. The number of rotatable bonds is 3. The lowest BCUT2D eigenvalue weighted by atomic mass is 10.0. The molecule has 0 amide bonds. The number of aryl methyl sites for hydroxylation is 1. The number of benzene rings is 1. The summed E-state index contributed by atoms with van der Waals surface area (Å²) in [4.78, 5) is 3.07. The van der Waals surface area contributed by atoms with E-state index in [1.165, 1.54) is 0 Å². The van der Waals surface area contributed by atoms with Crippen LogP contribution < -0.4 is 0 Å². The summed E-state index contributed by atoms with van der Waals surface area (Å²) in [5.41, 5.74) is 2.78. The Kier molecular flexibility index (Phi) is 3.19. The van der Waals surface area contributed by atoms with Gasteiger partial charge in [-0.15, -0.1) is 11.6 Å². The van der Waals surface area contributed by atoms with E-state index in [9.17, 15) is 10.2 Å². The van der Waals surface area contributed by atoms with E-state index in [2.05, 4.69) is 4.98 Å². The van der Waals surface area contributed by atoms with E-state index < -0.39 is 12.2 Å². The van der Waals surface area contributed by atoms with E-state index in [1.54, 1.807) is 6.20 Å². The molecule has 2 aromatic rings. The Hall–Kier alpha value is -1.03. The number of halogens is 1. The van der Waals surface area contributed by atoms with Crippen molar-refractivity contribution < 1.29 is 10.2 Å². The Labute approximate surface area is 98.7 Å². The average Bonchev–Trinajstić information content (AvgIpc) is 2.69. The number of alkyl halides is 1. The van der Waals surface area contributed by atoms with Gasteiger partial charge in [-0.05, 0) is 18.6 Å². The molecule has 0 saturated heterocycles. The fourth-order valence-corrected chi connectivity index (χ4v) is 1.97. The van der Waals surface area contributed by atoms with Gasteiger partial charge in [0.25, 0.3) is 0 Å². The maximum Gasteiger partial charge on any atom is 0.108 e. The Balaban J connectivity index is 2.45. The minimum atomic E-state index is -0.950. The zero-order valence-corrected chi connectivity index (χ0v) is 9.70. The van der Waals surface area contributed by atoms with E-state index in [0.29, 0.717) is 5.56 Å². The van der Waals surface area contributed by atoms with Crippen LogP contribution in [0.1, 0.15) is 17.2 Å². The fraction of sp³-hybridized carbons (Fsp3) is 0.333. The lowest BCUT2D eigenvalue weighted by Gasteiger charge is -2.14. The molecule has 0 aliphatic rings. The van der Waals surface area contributed by atoms with Gasteiger partial charge in [-0.3, -0.25) is 0 Å². The molecule has 2 unspecified atom stereocenters. The molecule has 3 nitrogen and oxygen atoms in total. The molecule has 4 heteroatoms. The number of aliphatic hydroxyl groups is 2. The summed E-state index contributed by atoms with van der Waals surface area (Å²) < 4.78 is 0. The quantitative estimate of drug-likeness (QED) is 0.719. The van der Waals surface area contributed by atoms with Crippen molar-refractivity contribution in [2.75, 3.05) is 5.88 Å². The number of aliphatic hydroxyl groups excluding tert-OH is 2. The number of nitrogens with one attached hydrogen (secondary N) is 1. The van der Waals surface area contributed by atoms with Crippen molar-refractivity contribution in [3.05, 3.63) is 35.5 Å². The maximum absolute atomic E-state index is 9.89. The van der Waals surface area contributed by atoms with Crippen LogP contribution in [0.4, 0.5) is 0 Å². The molecule has 1 aromatic carbocycles. The first-order valence-corrected chi connectivity index (χ1v) is 5.66. The molecule has 2 atom stereocenters. The van der Waals surface area contributed by atoms with Crippen molar-refractivity contribution in [2.45, 2.75) is 19.1 Å². The van der Waals surface area contributed by atoms with E-state index in [0.717, 1.165) is 16.5 Å². The van der Waals surface area contributed by atoms with Gasteiger partial charge in [0.2, 0.25) is 0 Å². The molecule has 86 valence electrons. The van der Waals surface area contributed by atoms with Gasteiger partial charge >= 0.3 is 0 Å². The van der Waals surface area contributed by atoms with E-state index in [-0.39, 0.29) is 5.88 Å². The van der Waals surface area contributed by atoms with Crippen molar-refractivity contribution >= 4 is 22.5 Å². The summed E-state index contributed by atoms with van der Waals surface area (Å²) in [6.07, 6.45) is -0.180. The van der Waals surface area contributed by atoms with Gasteiger partial charge in [-0.25, -0.2) is 0 Å². The molecule has 0 saturated carbocycles. The molecule has 1 heterocycles. The van der Waals surface area contributed by atoms with E-state index >= 15 is 0 Å². The van der Waals surface area contributed by atoms with Gasteiger partial charge in [0.15, 0.2) is 0 Å². The molecule has 0 bridgehead atoms. The molecular weight excluding hydrogens is 226 g/mol. The van der Waals surface area contributed by atoms with E-state index in [4.69, 9.17) is 11.6 Å². The minimum absolute atomic E-state index is 0.0136. The summed E-state index contributed by atoms with van der Waals surface area (Å²) in [6.45, 7) is 2.00. The second-order valence-corrected chi connectivity index (χ2v) is 4.27. The first kappa shape index (κ1) is 11.5. The number of aromatic nitrogens is 1. The summed E-state index contributed by atoms with van der Waals surface area (Å²) in [7, 11) is 0. The highest BCUT2D eigenvalue weighted by atomic mass is 35.5. The third-order valence-electron chi connectivity index (χ3n) is 2.71. The SMILES string of the molecule is Cc1ccc2c(C(O)C(O)CCl)c[nH]c2c1. The number of hydrogen-bond donors (Lipinski definition) is 3. The van der Waals surface area contributed by atoms with Crippen LogP contribution in [0.2, 0.25) is 0 Å². The smallest absolute Gasteiger partial charge is 0.108 e. The van der Waals surface area contributed by atoms with Crippen LogP contribution >= 0.6 is 11.6 Å². The largest absolute Gasteiger partial charge is 0.389 e. The lowest BCUT2D eigenvalue weighted by molar-refractivity contribution is 0.0336. The minimum Gasteiger partial charge on any atom is -0.389 e. The summed E-state index contributed by atoms with van der Waals surface area (Å²) in [5.74, 6) is 0.0136. The topological polar surface area (TPSA) is 56.2 Å². The second kappa shape index (κ2) is 4.45. The van der Waals surface area contributed by atoms with Crippen LogP contribution in [0.15, 0.2) is 24.4 Å². The zero-order chi connectivity index (χ0) is 11.7. The monoisotopic (exact) mass is 239 g/mol. The van der Waals surface area contributed by atoms with Crippen LogP contribution in [-0.4, -0.2) is 27.2 Å². The lowest BCUT2D eigenvalue weighted by Crippen LogP contribution is -2.19. The normalized spacial score (nSPS) is 15.2. The Morgan fingerprint density at radius 3 is 2.81 bits per heavy atom. The molecule has 2 rings (SSSR count). The molecule has 1 aromatic heterocycles. The van der Waals surface area contributed by atoms with Crippen molar-refractivity contribution in [3.63, 3.8) is 0 Å². The summed E-state index contributed by atoms with van der Waals surface area (Å²) in [6, 6.07) is 5.90. The predicted molar refractivity (Wildman–Crippen MR) is 64.7 cm³/mol. The van der Waals surface area contributed by atoms with Gasteiger partial charge in [0.1, 0.15) is 6.10 Å². The third-order valence-corrected chi connectivity index (χ3v) is 3.03. The maximum atomic E-state index is 9.89. The standard InChI is InChI=1S/C12H14ClNO2/c1-7-2-3-8-9(6-14-10(8)4-7)12(16)11(15)5-13/h2-4,6,11-12,14-16H,5H2,1H3. The predicted octanol–water partition coefficient (Wildman–Crippen LogP) is 2.11. The molecule has 16 heavy (non-hydrogen) atoms. The third kappa shape index (κ3) is 1.94. The zero-order valence-electron chi connectivity index (χ0n) is 8.94. The number of fused-ring (bicyclic) bond motifs is 1. The van der Waals surface area contributed by atoms with Crippen LogP contribution in [-0.2, 0) is 0 Å². The first-order chi connectivity index (χ1) is 7.63. The summed E-state index contributed by atoms with van der Waals surface area (Å²) in [5, 5.41) is 20.3. The number of hydrogen-bond acceptors (Lipinski definition) is 2. The first-order valence-electron chi connectivity index (χ1n) is 5.13. The van der Waals surface area contributed by atoms with Crippen LogP contribution in [0.25, 0.3) is 10.9 Å². The van der Waals surface area contributed by atoms with Gasteiger partial charge < -0.3 is 15.2 Å². The van der Waals surface area contributed by atoms with Gasteiger partial charge in [0, 0.05) is 22.7 Å². The Morgan fingerprint density at radius 1 is 1.38 bits per heavy atom. The van der Waals surface area contributed by atoms with Crippen molar-refractivity contribution in [1.29, 1.82) is 0 Å². The van der Waals surface area contributed by atoms with Crippen LogP contribution in [0.3, 0.4) is 0 Å². The van der Waals surface area contributed by atoms with Crippen molar-refractivity contribution in [3.8, 4) is 0 Å². The molecular formula is C12H14ClNO2. The number of H-pyrrole nitrogens is 1. The van der Waals surface area contributed by atoms with Crippen LogP contribution in [0, 0.1) is 6.92 Å². The number of aromatic amines is 1. The van der Waals surface area contributed by atoms with Gasteiger partial charge in [-0.1, -0.05) is 12.1 Å². The second-order valence-electron chi connectivity index (χ2n) is 3.96. The molecule has 0 aliphatic heterocycles. The average molecular weight is 240 g/mol. The molecule has 0 aliphatic carbocycles. The molecule has 0 spiro atoms. The molecule has 0 fully saturated rings. The highest BCUT2D eigenvalue weighted by molar-refractivity contribution is 6.18. The Morgan fingerprint density at radius 2 is 2.12 bits per heavy atom. The fourth-order valence-electron chi connectivity index (χ4n) is 1.80. The van der Waals surface area contributed by atoms with Crippen molar-refractivity contribution in [1.82, 2.24) is 4.98 Å². The van der Waals surface area contributed by atoms with Crippen molar-refractivity contribution in [2.24, 2.45) is 0 Å². The highest BCUT2D eigenvalue weighted by Gasteiger charge is 2.20. The summed E-state index contributed by atoms with van der Waals surface area (Å²) >= 11 is 5.52. The van der Waals surface area contributed by atoms with E-state index in [1.807, 2.05) is 25.1 Å². The van der Waals surface area contributed by atoms with Crippen LogP contribution in [0.5, 0.6) is 0 Å². The van der Waals surface area contributed by atoms with Gasteiger partial charge in [-0.2, -0.15) is 0 Å². The highest BCUT2D eigenvalue weighted by Crippen LogP contribution is 2.27.